The van der Waals surface area contributed by atoms with Gasteiger partial charge in [-0.25, -0.2) is 4.79 Å². The van der Waals surface area contributed by atoms with Gasteiger partial charge in [-0.15, -0.1) is 0 Å². The van der Waals surface area contributed by atoms with E-state index in [-0.39, 0.29) is 11.1 Å². The van der Waals surface area contributed by atoms with E-state index in [4.69, 9.17) is 40.3 Å². The van der Waals surface area contributed by atoms with Crippen LogP contribution in [0.1, 0.15) is 6.42 Å². The molecule has 5 nitrogen and oxygen atoms in total. The Balaban J connectivity index is 5.26. The summed E-state index contributed by atoms with van der Waals surface area (Å²) >= 11 is 10.9. The summed E-state index contributed by atoms with van der Waals surface area (Å²) in [6, 6.07) is 0.622. The zero-order valence-corrected chi connectivity index (χ0v) is 23.0. The number of halogens is 2. The van der Waals surface area contributed by atoms with Crippen LogP contribution in [0.2, 0.25) is 65.0 Å². The van der Waals surface area contributed by atoms with E-state index in [0.717, 1.165) is 6.08 Å². The molecule has 0 N–H and O–H groups in total. The predicted octanol–water partition coefficient (Wildman–Crippen LogP) is 5.73. The van der Waals surface area contributed by atoms with Crippen LogP contribution in [0.4, 0.5) is 0 Å². The van der Waals surface area contributed by atoms with E-state index in [1.165, 1.54) is 0 Å². The van der Waals surface area contributed by atoms with Crippen molar-refractivity contribution < 1.29 is 21.9 Å². The Bertz CT molecular complexity index is 451. The lowest BCUT2D eigenvalue weighted by molar-refractivity contribution is -0.137. The largest absolute Gasteiger partial charge is 0.469 e. The molecule has 0 aliphatic heterocycles. The predicted molar refractivity (Wildman–Crippen MR) is 119 cm³/mol. The molecule has 0 spiro atoms. The second-order valence-corrected chi connectivity index (χ2v) is 27.0. The summed E-state index contributed by atoms with van der Waals surface area (Å²) in [5.74, 6) is -0.555. The average molecular weight is 478 g/mol. The summed E-state index contributed by atoms with van der Waals surface area (Å²) < 4.78 is 24.7. The van der Waals surface area contributed by atoms with Crippen molar-refractivity contribution in [1.29, 1.82) is 0 Å². The first-order valence-electron chi connectivity index (χ1n) is 8.73. The highest BCUT2D eigenvalue weighted by molar-refractivity contribution is 6.90. The first-order chi connectivity index (χ1) is 11.4. The third-order valence-corrected chi connectivity index (χ3v) is 14.7. The fourth-order valence-corrected chi connectivity index (χ4v) is 17.0. The van der Waals surface area contributed by atoms with E-state index in [0.29, 0.717) is 12.5 Å². The zero-order chi connectivity index (χ0) is 20.8. The molecule has 154 valence electrons. The lowest BCUT2D eigenvalue weighted by Crippen LogP contribution is -2.60. The summed E-state index contributed by atoms with van der Waals surface area (Å²) in [4.78, 5) is 11.5. The maximum Gasteiger partial charge on any atom is 0.469 e. The normalized spacial score (nSPS) is 13.5. The third kappa shape index (κ3) is 14.6. The monoisotopic (exact) mass is 476 g/mol. The Kier molecular flexibility index (Phi) is 10.6. The van der Waals surface area contributed by atoms with Gasteiger partial charge in [0.15, 0.2) is 25.0 Å². The van der Waals surface area contributed by atoms with Crippen LogP contribution in [0.15, 0.2) is 10.6 Å². The van der Waals surface area contributed by atoms with Crippen molar-refractivity contribution in [2.24, 2.45) is 0 Å². The number of ether oxygens (including phenoxy) is 1. The Morgan fingerprint density at radius 1 is 0.808 bits per heavy atom. The first-order valence-corrected chi connectivity index (χ1v) is 21.6. The Labute approximate surface area is 173 Å². The highest BCUT2D eigenvalue weighted by atomic mass is 35.5. The van der Waals surface area contributed by atoms with Gasteiger partial charge in [0, 0.05) is 6.04 Å². The lowest BCUT2D eigenvalue weighted by atomic mass is 10.5. The zero-order valence-electron chi connectivity index (χ0n) is 17.5. The smallest absolute Gasteiger partial charge is 0.462 e. The van der Waals surface area contributed by atoms with Crippen molar-refractivity contribution in [1.82, 2.24) is 0 Å². The summed E-state index contributed by atoms with van der Waals surface area (Å²) in [5, 5.41) is 0. The van der Waals surface area contributed by atoms with Gasteiger partial charge >= 0.3 is 14.8 Å². The molecule has 0 saturated heterocycles. The van der Waals surface area contributed by atoms with Crippen molar-refractivity contribution >= 4 is 62.9 Å². The Hall–Kier alpha value is 0.538. The molecule has 0 fully saturated rings. The molecule has 0 heterocycles. The van der Waals surface area contributed by atoms with Crippen LogP contribution in [0.25, 0.3) is 0 Å². The number of carbonyl (C=O) groups excluding carboxylic acids is 1. The number of rotatable bonds is 11. The molecular weight excluding hydrogens is 443 g/mol. The van der Waals surface area contributed by atoms with Crippen molar-refractivity contribution in [2.75, 3.05) is 6.61 Å². The molecule has 11 heteroatoms. The molecule has 0 unspecified atom stereocenters. The van der Waals surface area contributed by atoms with Gasteiger partial charge in [-0.05, 0) is 65.3 Å². The van der Waals surface area contributed by atoms with Gasteiger partial charge in [0.1, 0.15) is 4.49 Å². The van der Waals surface area contributed by atoms with Crippen molar-refractivity contribution in [3.63, 3.8) is 0 Å². The highest BCUT2D eigenvalue weighted by Gasteiger charge is 2.49. The molecule has 26 heavy (non-hydrogen) atoms. The van der Waals surface area contributed by atoms with E-state index in [1.54, 1.807) is 0 Å². The van der Waals surface area contributed by atoms with Gasteiger partial charge < -0.3 is 17.1 Å². The SMILES string of the molecule is C[Si](C)(C)O[Si](CCCOC(=O)C=C(Cl)Cl)(O[Si](C)(C)C)O[Si](C)(C)C. The maximum absolute atomic E-state index is 11.5. The number of hydrogen-bond donors (Lipinski definition) is 0. The second kappa shape index (κ2) is 10.4. The van der Waals surface area contributed by atoms with Crippen molar-refractivity contribution in [2.45, 2.75) is 71.4 Å². The Morgan fingerprint density at radius 3 is 1.50 bits per heavy atom. The molecule has 0 aromatic carbocycles. The van der Waals surface area contributed by atoms with E-state index in [9.17, 15) is 4.79 Å². The average Bonchev–Trinajstić information content (AvgIpc) is 2.26. The van der Waals surface area contributed by atoms with E-state index in [1.807, 2.05) is 0 Å². The second-order valence-electron chi connectivity index (χ2n) is 9.03. The standard InChI is InChI=1S/C15H34Cl2O5Si4/c1-23(2,3)20-26(21-24(4,5)6,22-25(7,8)9)12-10-11-19-15(18)13-14(16)17/h13H,10-12H2,1-9H3. The fourth-order valence-electron chi connectivity index (χ4n) is 2.21. The summed E-state index contributed by atoms with van der Waals surface area (Å²) in [6.07, 6.45) is 1.65. The molecule has 0 amide bonds. The van der Waals surface area contributed by atoms with Gasteiger partial charge in [0.25, 0.3) is 0 Å². The quantitative estimate of drug-likeness (QED) is 0.165. The number of esters is 1. The van der Waals surface area contributed by atoms with Crippen LogP contribution >= 0.6 is 23.2 Å². The molecule has 0 aliphatic rings. The minimum atomic E-state index is -2.88. The summed E-state index contributed by atoms with van der Waals surface area (Å²) in [7, 11) is -8.56. The van der Waals surface area contributed by atoms with Gasteiger partial charge in [-0.3, -0.25) is 0 Å². The van der Waals surface area contributed by atoms with Gasteiger partial charge in [-0.2, -0.15) is 0 Å². The van der Waals surface area contributed by atoms with E-state index >= 15 is 0 Å². The fraction of sp³-hybridized carbons (Fsp3) is 0.800. The van der Waals surface area contributed by atoms with Crippen molar-refractivity contribution in [3.8, 4) is 0 Å². The van der Waals surface area contributed by atoms with Gasteiger partial charge in [0.2, 0.25) is 0 Å². The van der Waals surface area contributed by atoms with Crippen LogP contribution in [-0.4, -0.2) is 46.3 Å². The van der Waals surface area contributed by atoms with Crippen LogP contribution in [0.5, 0.6) is 0 Å². The minimum absolute atomic E-state index is 0.120. The molecular formula is C15H34Cl2O5Si4. The molecule has 0 aliphatic carbocycles. The topological polar surface area (TPSA) is 54.0 Å². The molecule has 0 bridgehead atoms. The minimum Gasteiger partial charge on any atom is -0.462 e. The summed E-state index contributed by atoms with van der Waals surface area (Å²) in [6.45, 7) is 19.5. The third-order valence-electron chi connectivity index (χ3n) is 2.48. The van der Waals surface area contributed by atoms with Gasteiger partial charge in [0.05, 0.1) is 12.7 Å². The molecule has 0 aromatic heterocycles. The van der Waals surface area contributed by atoms with E-state index < -0.39 is 39.7 Å². The van der Waals surface area contributed by atoms with Crippen LogP contribution in [-0.2, 0) is 21.9 Å². The number of hydrogen-bond acceptors (Lipinski definition) is 5. The molecule has 0 aromatic rings. The first kappa shape index (κ1) is 26.5. The van der Waals surface area contributed by atoms with Crippen LogP contribution in [0.3, 0.4) is 0 Å². The van der Waals surface area contributed by atoms with Crippen molar-refractivity contribution in [3.05, 3.63) is 10.6 Å². The molecule has 0 radical (unpaired) electrons. The summed E-state index contributed by atoms with van der Waals surface area (Å²) in [5.41, 5.74) is 0. The van der Waals surface area contributed by atoms with Crippen LogP contribution in [0, 0.1) is 0 Å². The van der Waals surface area contributed by atoms with Gasteiger partial charge in [-0.1, -0.05) is 23.2 Å². The lowest BCUT2D eigenvalue weighted by Gasteiger charge is -2.42. The highest BCUT2D eigenvalue weighted by Crippen LogP contribution is 2.29. The molecule has 0 rings (SSSR count). The molecule has 0 saturated carbocycles. The Morgan fingerprint density at radius 2 is 1.19 bits per heavy atom. The number of carbonyl (C=O) groups is 1. The maximum atomic E-state index is 11.5. The van der Waals surface area contributed by atoms with Crippen LogP contribution < -0.4 is 0 Å². The van der Waals surface area contributed by atoms with E-state index in [2.05, 4.69) is 58.9 Å². The molecule has 0 atom stereocenters.